The van der Waals surface area contributed by atoms with Gasteiger partial charge in [-0.25, -0.2) is 13.8 Å². The largest absolute Gasteiger partial charge is 0.475 e. The molecular formula is C30H48ClFN3O8PSi2. The average molecular weight is 720 g/mol. The average Bonchev–Trinajstić information content (AvgIpc) is 3.23. The predicted molar refractivity (Wildman–Crippen MR) is 180 cm³/mol. The Morgan fingerprint density at radius 2 is 1.67 bits per heavy atom. The molecular weight excluding hydrogens is 672 g/mol. The number of phosphoric acid groups is 1. The highest BCUT2D eigenvalue weighted by molar-refractivity contribution is 7.48. The van der Waals surface area contributed by atoms with Crippen molar-refractivity contribution in [1.82, 2.24) is 9.55 Å². The third-order valence-corrected chi connectivity index (χ3v) is 20.2. The van der Waals surface area contributed by atoms with E-state index in [0.717, 1.165) is 0 Å². The molecule has 3 heterocycles. The molecule has 0 unspecified atom stereocenters. The van der Waals surface area contributed by atoms with Crippen LogP contribution in [-0.4, -0.2) is 57.7 Å². The summed E-state index contributed by atoms with van der Waals surface area (Å²) in [6, 6.07) is 5.42. The molecule has 2 aliphatic rings. The molecule has 0 amide bonds. The standard InChI is InChI=1S/C30H48ClFN3O8PSi2/c1-29(2,3)45(7,8)42-25-23(18-39-44(37)38-16-14-22(41-44)20-17-19(32)11-12-21(20)31)40-27(35-15-13-24(33)34-28(35)36)26(25)43-46(9,10)30(4,5)6/h11-13,15,17,22-23,25-27H,14,16,18H2,1-10H3,(H2,33,34,36)/t22-,23-,25-,26+,27-,44+/m1/s1. The number of aromatic nitrogens is 2. The zero-order valence-corrected chi connectivity index (χ0v) is 32.0. The Bertz CT molecular complexity index is 1520. The number of hydrogen-bond acceptors (Lipinski definition) is 10. The molecule has 0 bridgehead atoms. The van der Waals surface area contributed by atoms with Crippen LogP contribution in [0.25, 0.3) is 0 Å². The van der Waals surface area contributed by atoms with E-state index >= 15 is 0 Å². The summed E-state index contributed by atoms with van der Waals surface area (Å²) < 4.78 is 67.0. The Morgan fingerprint density at radius 1 is 1.07 bits per heavy atom. The number of nitrogens with two attached hydrogens (primary N) is 1. The Hall–Kier alpha value is -1.46. The molecule has 11 nitrogen and oxygen atoms in total. The van der Waals surface area contributed by atoms with Crippen LogP contribution in [0.1, 0.15) is 65.9 Å². The normalized spacial score (nSPS) is 28.0. The van der Waals surface area contributed by atoms with Gasteiger partial charge >= 0.3 is 13.5 Å². The maximum atomic E-state index is 14.0. The summed E-state index contributed by atoms with van der Waals surface area (Å²) in [5.74, 6) is -0.422. The van der Waals surface area contributed by atoms with Crippen LogP contribution in [0.4, 0.5) is 10.2 Å². The van der Waals surface area contributed by atoms with Gasteiger partial charge in [0.1, 0.15) is 29.9 Å². The van der Waals surface area contributed by atoms with E-state index in [1.807, 2.05) is 0 Å². The number of nitrogen functional groups attached to an aromatic ring is 1. The van der Waals surface area contributed by atoms with Crippen molar-refractivity contribution in [2.75, 3.05) is 18.9 Å². The molecule has 2 N–H and O–H groups in total. The van der Waals surface area contributed by atoms with Crippen LogP contribution in [0.15, 0.2) is 35.3 Å². The van der Waals surface area contributed by atoms with Gasteiger partial charge in [-0.2, -0.15) is 4.98 Å². The van der Waals surface area contributed by atoms with E-state index in [9.17, 15) is 13.8 Å². The Kier molecular flexibility index (Phi) is 10.9. The molecule has 2 aromatic rings. The van der Waals surface area contributed by atoms with Crippen molar-refractivity contribution >= 4 is 41.9 Å². The number of halogens is 2. The second kappa shape index (κ2) is 13.5. The maximum Gasteiger partial charge on any atom is 0.475 e. The molecule has 258 valence electrons. The number of anilines is 1. The highest BCUT2D eigenvalue weighted by atomic mass is 35.5. The van der Waals surface area contributed by atoms with Gasteiger partial charge in [-0.1, -0.05) is 53.1 Å². The SMILES string of the molecule is CC(C)(C)[Si](C)(C)O[C@H]1[C@H](O[Si](C)(C)C(C)(C)C)[C@@H](CO[P@]2(=O)OCC[C@H](c3cc(F)ccc3Cl)O2)O[C@H]1n1ccc(N)nc1=O. The first-order chi connectivity index (χ1) is 21.0. The van der Waals surface area contributed by atoms with Crippen molar-refractivity contribution in [3.63, 3.8) is 0 Å². The minimum Gasteiger partial charge on any atom is -0.408 e. The predicted octanol–water partition coefficient (Wildman–Crippen LogP) is 7.60. The van der Waals surface area contributed by atoms with Gasteiger partial charge in [-0.15, -0.1) is 0 Å². The Labute approximate surface area is 278 Å². The van der Waals surface area contributed by atoms with E-state index in [2.05, 4.69) is 72.7 Å². The third-order valence-electron chi connectivity index (χ3n) is 9.47. The van der Waals surface area contributed by atoms with Crippen molar-refractivity contribution in [3.8, 4) is 0 Å². The fourth-order valence-electron chi connectivity index (χ4n) is 4.70. The zero-order chi connectivity index (χ0) is 34.5. The summed E-state index contributed by atoms with van der Waals surface area (Å²) in [6.45, 7) is 20.9. The summed E-state index contributed by atoms with van der Waals surface area (Å²) in [6.07, 6.45) is -2.28. The molecule has 0 spiro atoms. The van der Waals surface area contributed by atoms with Crippen LogP contribution in [0.3, 0.4) is 0 Å². The van der Waals surface area contributed by atoms with Gasteiger partial charge in [0.2, 0.25) is 0 Å². The molecule has 16 heteroatoms. The lowest BCUT2D eigenvalue weighted by Crippen LogP contribution is -2.54. The fraction of sp³-hybridized carbons (Fsp3) is 0.667. The van der Waals surface area contributed by atoms with Gasteiger partial charge in [-0.05, 0) is 60.5 Å². The number of ether oxygens (including phenoxy) is 1. The van der Waals surface area contributed by atoms with Crippen LogP contribution in [0.2, 0.25) is 41.3 Å². The van der Waals surface area contributed by atoms with E-state index in [1.165, 1.54) is 35.0 Å². The smallest absolute Gasteiger partial charge is 0.408 e. The number of phosphoric ester groups is 1. The lowest BCUT2D eigenvalue weighted by Gasteiger charge is -2.44. The molecule has 2 saturated heterocycles. The first-order valence-electron chi connectivity index (χ1n) is 15.4. The molecule has 46 heavy (non-hydrogen) atoms. The van der Waals surface area contributed by atoms with Crippen LogP contribution in [-0.2, 0) is 31.7 Å². The Morgan fingerprint density at radius 3 is 2.26 bits per heavy atom. The van der Waals surface area contributed by atoms with Gasteiger partial charge in [-0.3, -0.25) is 18.1 Å². The Balaban J connectivity index is 1.70. The van der Waals surface area contributed by atoms with Crippen molar-refractivity contribution in [1.29, 1.82) is 0 Å². The first-order valence-corrected chi connectivity index (χ1v) is 23.1. The third kappa shape index (κ3) is 8.21. The van der Waals surface area contributed by atoms with Gasteiger partial charge in [0.15, 0.2) is 22.9 Å². The number of hydrogen-bond donors (Lipinski definition) is 1. The number of rotatable bonds is 9. The van der Waals surface area contributed by atoms with Gasteiger partial charge in [0.05, 0.1) is 19.3 Å². The van der Waals surface area contributed by atoms with E-state index in [-0.39, 0.29) is 34.1 Å². The minimum atomic E-state index is -4.16. The summed E-state index contributed by atoms with van der Waals surface area (Å²) >= 11 is 6.32. The molecule has 1 aromatic heterocycles. The van der Waals surface area contributed by atoms with E-state index in [1.54, 1.807) is 0 Å². The molecule has 2 aliphatic heterocycles. The van der Waals surface area contributed by atoms with Crippen LogP contribution in [0, 0.1) is 5.82 Å². The molecule has 2 fully saturated rings. The summed E-state index contributed by atoms with van der Waals surface area (Å²) in [5, 5.41) is -0.0884. The lowest BCUT2D eigenvalue weighted by atomic mass is 10.1. The zero-order valence-electron chi connectivity index (χ0n) is 28.3. The van der Waals surface area contributed by atoms with Crippen molar-refractivity contribution in [3.05, 3.63) is 57.3 Å². The van der Waals surface area contributed by atoms with Crippen molar-refractivity contribution in [2.24, 2.45) is 0 Å². The molecule has 0 saturated carbocycles. The molecule has 4 rings (SSSR count). The highest BCUT2D eigenvalue weighted by Crippen LogP contribution is 2.58. The lowest BCUT2D eigenvalue weighted by molar-refractivity contribution is -0.0592. The van der Waals surface area contributed by atoms with E-state index < -0.39 is 66.6 Å². The quantitative estimate of drug-likeness (QED) is 0.204. The van der Waals surface area contributed by atoms with Gasteiger partial charge in [0, 0.05) is 23.2 Å². The van der Waals surface area contributed by atoms with Crippen LogP contribution >= 0.6 is 19.4 Å². The monoisotopic (exact) mass is 719 g/mol. The van der Waals surface area contributed by atoms with Crippen LogP contribution in [0.5, 0.6) is 0 Å². The van der Waals surface area contributed by atoms with Gasteiger partial charge in [0.25, 0.3) is 0 Å². The second-order valence-electron chi connectivity index (χ2n) is 14.9. The number of nitrogens with zero attached hydrogens (tertiary/aromatic N) is 2. The maximum absolute atomic E-state index is 14.0. The van der Waals surface area contributed by atoms with Gasteiger partial charge < -0.3 is 19.3 Å². The second-order valence-corrected chi connectivity index (χ2v) is 26.5. The van der Waals surface area contributed by atoms with E-state index in [4.69, 9.17) is 44.5 Å². The molecule has 6 atom stereocenters. The highest BCUT2D eigenvalue weighted by Gasteiger charge is 2.55. The molecule has 1 aromatic carbocycles. The summed E-state index contributed by atoms with van der Waals surface area (Å²) in [7, 11) is -9.13. The minimum absolute atomic E-state index is 0.0381. The number of benzene rings is 1. The first kappa shape index (κ1) is 37.4. The van der Waals surface area contributed by atoms with Crippen molar-refractivity contribution < 1.29 is 36.1 Å². The van der Waals surface area contributed by atoms with Crippen molar-refractivity contribution in [2.45, 2.75) is 115 Å². The summed E-state index contributed by atoms with van der Waals surface area (Å²) in [5.41, 5.74) is 5.55. The summed E-state index contributed by atoms with van der Waals surface area (Å²) in [4.78, 5) is 17.1. The fourth-order valence-corrected chi connectivity index (χ4v) is 8.93. The van der Waals surface area contributed by atoms with Crippen LogP contribution < -0.4 is 11.4 Å². The van der Waals surface area contributed by atoms with E-state index in [0.29, 0.717) is 12.0 Å². The molecule has 0 aliphatic carbocycles. The molecule has 0 radical (unpaired) electrons. The topological polar surface area (TPSA) is 133 Å².